The van der Waals surface area contributed by atoms with Crippen molar-refractivity contribution in [1.82, 2.24) is 4.57 Å². The van der Waals surface area contributed by atoms with E-state index in [1.54, 1.807) is 31.3 Å². The van der Waals surface area contributed by atoms with Crippen molar-refractivity contribution in [2.75, 3.05) is 24.2 Å². The molecule has 158 valence electrons. The predicted octanol–water partition coefficient (Wildman–Crippen LogP) is 3.62. The molecule has 0 bridgehead atoms. The Kier molecular flexibility index (Phi) is 5.99. The minimum Gasteiger partial charge on any atom is -0.495 e. The highest BCUT2D eigenvalue weighted by molar-refractivity contribution is 7.92. The first-order valence-corrected chi connectivity index (χ1v) is 10.9. The first-order valence-electron chi connectivity index (χ1n) is 8.65. The SMILES string of the molecule is COc1ccc(N(CC(=O)N=Nc2c(O)n(C)c3ccccc23)S(C)(=O)=O)cc1Cl. The van der Waals surface area contributed by atoms with Gasteiger partial charge in [0.25, 0.3) is 5.91 Å². The lowest BCUT2D eigenvalue weighted by Crippen LogP contribution is -2.34. The molecular formula is C19H19ClN4O5S. The van der Waals surface area contributed by atoms with Crippen molar-refractivity contribution in [2.24, 2.45) is 17.3 Å². The highest BCUT2D eigenvalue weighted by Crippen LogP contribution is 2.37. The Morgan fingerprint density at radius 3 is 2.60 bits per heavy atom. The number of carbonyl (C=O) groups is 1. The number of nitrogens with zero attached hydrogens (tertiary/aromatic N) is 4. The van der Waals surface area contributed by atoms with Gasteiger partial charge < -0.3 is 14.4 Å². The summed E-state index contributed by atoms with van der Waals surface area (Å²) in [6, 6.07) is 11.4. The van der Waals surface area contributed by atoms with Crippen molar-refractivity contribution in [3.8, 4) is 11.6 Å². The number of benzene rings is 2. The molecule has 9 nitrogen and oxygen atoms in total. The van der Waals surface area contributed by atoms with Crippen LogP contribution in [0.4, 0.5) is 11.4 Å². The van der Waals surface area contributed by atoms with Crippen LogP contribution in [0.25, 0.3) is 10.9 Å². The van der Waals surface area contributed by atoms with Crippen LogP contribution in [0.3, 0.4) is 0 Å². The van der Waals surface area contributed by atoms with Crippen LogP contribution in [-0.2, 0) is 21.9 Å². The number of methoxy groups -OCH3 is 1. The predicted molar refractivity (Wildman–Crippen MR) is 114 cm³/mol. The van der Waals surface area contributed by atoms with Crippen molar-refractivity contribution >= 4 is 49.8 Å². The van der Waals surface area contributed by atoms with Crippen LogP contribution in [0, 0.1) is 0 Å². The summed E-state index contributed by atoms with van der Waals surface area (Å²) in [6.07, 6.45) is 0.964. The van der Waals surface area contributed by atoms with E-state index in [-0.39, 0.29) is 22.3 Å². The number of rotatable bonds is 6. The topological polar surface area (TPSA) is 114 Å². The standard InChI is InChI=1S/C19H19ClN4O5S/c1-23-15-7-5-4-6-13(15)18(19(23)26)22-21-17(25)11-24(30(3,27)28)12-8-9-16(29-2)14(20)10-12/h4-10,26H,11H2,1-3H3. The molecule has 1 aromatic heterocycles. The number of aromatic hydroxyl groups is 1. The van der Waals surface area contributed by atoms with Gasteiger partial charge in [-0.3, -0.25) is 9.10 Å². The zero-order chi connectivity index (χ0) is 22.1. The number of aromatic nitrogens is 1. The van der Waals surface area contributed by atoms with Crippen LogP contribution in [0.5, 0.6) is 11.6 Å². The number of hydrogen-bond acceptors (Lipinski definition) is 6. The highest BCUT2D eigenvalue weighted by atomic mass is 35.5. The Hall–Kier alpha value is -3.11. The first kappa shape index (κ1) is 21.6. The molecule has 1 N–H and O–H groups in total. The largest absolute Gasteiger partial charge is 0.495 e. The summed E-state index contributed by atoms with van der Waals surface area (Å²) in [5.74, 6) is -0.610. The van der Waals surface area contributed by atoms with Gasteiger partial charge in [0.1, 0.15) is 12.3 Å². The van der Waals surface area contributed by atoms with Gasteiger partial charge in [-0.2, -0.15) is 0 Å². The minimum absolute atomic E-state index is 0.125. The number of amides is 1. The average molecular weight is 451 g/mol. The highest BCUT2D eigenvalue weighted by Gasteiger charge is 2.22. The summed E-state index contributed by atoms with van der Waals surface area (Å²) in [7, 11) is -0.731. The van der Waals surface area contributed by atoms with E-state index in [1.807, 2.05) is 0 Å². The van der Waals surface area contributed by atoms with E-state index in [0.29, 0.717) is 16.7 Å². The molecule has 3 aromatic rings. The van der Waals surface area contributed by atoms with Gasteiger partial charge in [0.2, 0.25) is 15.9 Å². The van der Waals surface area contributed by atoms with Gasteiger partial charge in [-0.15, -0.1) is 10.2 Å². The van der Waals surface area contributed by atoms with Crippen LogP contribution in [0.15, 0.2) is 52.7 Å². The fraction of sp³-hybridized carbons (Fsp3) is 0.211. The van der Waals surface area contributed by atoms with Gasteiger partial charge in [-0.05, 0) is 24.3 Å². The smallest absolute Gasteiger partial charge is 0.285 e. The minimum atomic E-state index is -3.81. The normalized spacial score (nSPS) is 11.9. The van der Waals surface area contributed by atoms with E-state index in [9.17, 15) is 18.3 Å². The molecule has 0 saturated heterocycles. The van der Waals surface area contributed by atoms with Crippen LogP contribution in [-0.4, -0.2) is 43.9 Å². The molecule has 0 radical (unpaired) electrons. The van der Waals surface area contributed by atoms with Crippen LogP contribution in [0.1, 0.15) is 0 Å². The monoisotopic (exact) mass is 450 g/mol. The number of anilines is 1. The molecular weight excluding hydrogens is 432 g/mol. The second kappa shape index (κ2) is 8.33. The summed E-state index contributed by atoms with van der Waals surface area (Å²) >= 11 is 6.07. The lowest BCUT2D eigenvalue weighted by Gasteiger charge is -2.21. The number of hydrogen-bond donors (Lipinski definition) is 1. The summed E-state index contributed by atoms with van der Waals surface area (Å²) in [4.78, 5) is 12.4. The molecule has 30 heavy (non-hydrogen) atoms. The van der Waals surface area contributed by atoms with E-state index in [0.717, 1.165) is 10.6 Å². The summed E-state index contributed by atoms with van der Waals surface area (Å²) in [5.41, 5.74) is 1.02. The number of fused-ring (bicyclic) bond motifs is 1. The lowest BCUT2D eigenvalue weighted by molar-refractivity contribution is -0.116. The Morgan fingerprint density at radius 1 is 1.27 bits per heavy atom. The van der Waals surface area contributed by atoms with Crippen LogP contribution < -0.4 is 9.04 Å². The van der Waals surface area contributed by atoms with Crippen LogP contribution >= 0.6 is 11.6 Å². The first-order chi connectivity index (χ1) is 14.1. The molecule has 0 spiro atoms. The van der Waals surface area contributed by atoms with Gasteiger partial charge in [-0.25, -0.2) is 8.42 Å². The molecule has 0 saturated carbocycles. The second-order valence-electron chi connectivity index (χ2n) is 6.43. The molecule has 0 unspecified atom stereocenters. The maximum absolute atomic E-state index is 12.4. The maximum atomic E-state index is 12.4. The molecule has 0 atom stereocenters. The van der Waals surface area contributed by atoms with E-state index in [4.69, 9.17) is 16.3 Å². The van der Waals surface area contributed by atoms with Crippen molar-refractivity contribution in [3.05, 3.63) is 47.5 Å². The lowest BCUT2D eigenvalue weighted by atomic mass is 10.2. The van der Waals surface area contributed by atoms with E-state index in [1.165, 1.54) is 29.9 Å². The van der Waals surface area contributed by atoms with Crippen molar-refractivity contribution in [3.63, 3.8) is 0 Å². The van der Waals surface area contributed by atoms with Gasteiger partial charge in [0, 0.05) is 12.4 Å². The molecule has 0 fully saturated rings. The number of para-hydroxylation sites is 1. The number of aryl methyl sites for hydroxylation is 1. The molecule has 2 aromatic carbocycles. The third-order valence-electron chi connectivity index (χ3n) is 4.41. The Morgan fingerprint density at radius 2 is 1.97 bits per heavy atom. The number of carbonyl (C=O) groups excluding carboxylic acids is 1. The summed E-state index contributed by atoms with van der Waals surface area (Å²) < 4.78 is 31.9. The van der Waals surface area contributed by atoms with Crippen molar-refractivity contribution in [2.45, 2.75) is 0 Å². The molecule has 0 aliphatic rings. The number of azo groups is 1. The van der Waals surface area contributed by atoms with Gasteiger partial charge in [-0.1, -0.05) is 29.8 Å². The van der Waals surface area contributed by atoms with E-state index >= 15 is 0 Å². The molecule has 1 heterocycles. The molecule has 1 amide bonds. The number of sulfonamides is 1. The van der Waals surface area contributed by atoms with Crippen LogP contribution in [0.2, 0.25) is 5.02 Å². The third kappa shape index (κ3) is 4.24. The van der Waals surface area contributed by atoms with Gasteiger partial charge >= 0.3 is 0 Å². The number of halogens is 1. The van der Waals surface area contributed by atoms with Crippen molar-refractivity contribution in [1.29, 1.82) is 0 Å². The Labute approximate surface area is 178 Å². The zero-order valence-corrected chi connectivity index (χ0v) is 18.0. The van der Waals surface area contributed by atoms with Crippen molar-refractivity contribution < 1.29 is 23.1 Å². The molecule has 0 aliphatic carbocycles. The third-order valence-corrected chi connectivity index (χ3v) is 5.85. The second-order valence-corrected chi connectivity index (χ2v) is 8.74. The zero-order valence-electron chi connectivity index (χ0n) is 16.4. The molecule has 0 aliphatic heterocycles. The van der Waals surface area contributed by atoms with E-state index < -0.39 is 22.5 Å². The fourth-order valence-electron chi connectivity index (χ4n) is 2.93. The number of ether oxygens (including phenoxy) is 1. The van der Waals surface area contributed by atoms with Gasteiger partial charge in [0.15, 0.2) is 5.69 Å². The summed E-state index contributed by atoms with van der Waals surface area (Å²) in [5, 5.41) is 18.5. The quantitative estimate of drug-likeness (QED) is 0.576. The molecule has 3 rings (SSSR count). The van der Waals surface area contributed by atoms with E-state index in [2.05, 4.69) is 10.2 Å². The Bertz CT molecular complexity index is 1250. The maximum Gasteiger partial charge on any atom is 0.285 e. The summed E-state index contributed by atoms with van der Waals surface area (Å²) in [6.45, 7) is -0.587. The van der Waals surface area contributed by atoms with Gasteiger partial charge in [0.05, 0.1) is 29.6 Å². The average Bonchev–Trinajstić information content (AvgIpc) is 2.94. The fourth-order valence-corrected chi connectivity index (χ4v) is 4.02. The molecule has 11 heteroatoms. The Balaban J connectivity index is 1.89.